The zero-order valence-corrected chi connectivity index (χ0v) is 7.76. The molecule has 0 spiro atoms. The summed E-state index contributed by atoms with van der Waals surface area (Å²) in [4.78, 5) is 10.6. The Morgan fingerprint density at radius 1 is 1.43 bits per heavy atom. The summed E-state index contributed by atoms with van der Waals surface area (Å²) in [6, 6.07) is 9.24. The molecule has 1 aromatic carbocycles. The SMILES string of the molecule is NC(C(=O)O)[C@H]1C[C@@H]1c1ccccc1. The first-order valence-corrected chi connectivity index (χ1v) is 4.73. The molecule has 3 atom stereocenters. The van der Waals surface area contributed by atoms with Gasteiger partial charge in [-0.3, -0.25) is 4.79 Å². The monoisotopic (exact) mass is 191 g/mol. The highest BCUT2D eigenvalue weighted by atomic mass is 16.4. The van der Waals surface area contributed by atoms with Crippen LogP contribution in [0.3, 0.4) is 0 Å². The molecule has 74 valence electrons. The Hall–Kier alpha value is -1.35. The fourth-order valence-electron chi connectivity index (χ4n) is 1.88. The van der Waals surface area contributed by atoms with Crippen molar-refractivity contribution >= 4 is 5.97 Å². The molecule has 3 N–H and O–H groups in total. The molecule has 0 aromatic heterocycles. The zero-order chi connectivity index (χ0) is 10.1. The number of benzene rings is 1. The molecule has 14 heavy (non-hydrogen) atoms. The van der Waals surface area contributed by atoms with E-state index in [0.29, 0.717) is 5.92 Å². The molecule has 3 nitrogen and oxygen atoms in total. The second-order valence-electron chi connectivity index (χ2n) is 3.78. The molecule has 0 saturated heterocycles. The van der Waals surface area contributed by atoms with Gasteiger partial charge in [-0.1, -0.05) is 30.3 Å². The van der Waals surface area contributed by atoms with E-state index in [1.165, 1.54) is 5.56 Å². The molecule has 0 bridgehead atoms. The summed E-state index contributed by atoms with van der Waals surface area (Å²) in [7, 11) is 0. The van der Waals surface area contributed by atoms with Crippen LogP contribution in [0.25, 0.3) is 0 Å². The van der Waals surface area contributed by atoms with Gasteiger partial charge >= 0.3 is 5.97 Å². The highest BCUT2D eigenvalue weighted by Gasteiger charge is 2.45. The first kappa shape index (κ1) is 9.21. The molecular weight excluding hydrogens is 178 g/mol. The quantitative estimate of drug-likeness (QED) is 0.754. The predicted octanol–water partition coefficient (Wildman–Crippen LogP) is 1.20. The third-order valence-electron chi connectivity index (χ3n) is 2.81. The second kappa shape index (κ2) is 3.42. The topological polar surface area (TPSA) is 63.3 Å². The van der Waals surface area contributed by atoms with Crippen molar-refractivity contribution in [3.05, 3.63) is 35.9 Å². The van der Waals surface area contributed by atoms with Gasteiger partial charge in [0.1, 0.15) is 6.04 Å². The smallest absolute Gasteiger partial charge is 0.320 e. The maximum absolute atomic E-state index is 10.6. The Morgan fingerprint density at radius 2 is 2.07 bits per heavy atom. The minimum atomic E-state index is -0.895. The number of hydrogen-bond donors (Lipinski definition) is 2. The minimum Gasteiger partial charge on any atom is -0.480 e. The number of carboxylic acids is 1. The van der Waals surface area contributed by atoms with Gasteiger partial charge in [0.05, 0.1) is 0 Å². The van der Waals surface area contributed by atoms with E-state index in [-0.39, 0.29) is 5.92 Å². The number of aliphatic carboxylic acids is 1. The number of carboxylic acid groups (broad SMARTS) is 1. The van der Waals surface area contributed by atoms with Crippen molar-refractivity contribution in [1.29, 1.82) is 0 Å². The van der Waals surface area contributed by atoms with Crippen molar-refractivity contribution < 1.29 is 9.90 Å². The van der Waals surface area contributed by atoms with Gasteiger partial charge in [-0.25, -0.2) is 0 Å². The van der Waals surface area contributed by atoms with E-state index in [0.717, 1.165) is 6.42 Å². The van der Waals surface area contributed by atoms with Gasteiger partial charge in [0, 0.05) is 0 Å². The lowest BCUT2D eigenvalue weighted by Gasteiger charge is -2.04. The van der Waals surface area contributed by atoms with E-state index in [1.807, 2.05) is 30.3 Å². The Morgan fingerprint density at radius 3 is 2.64 bits per heavy atom. The van der Waals surface area contributed by atoms with E-state index >= 15 is 0 Å². The first-order chi connectivity index (χ1) is 6.70. The van der Waals surface area contributed by atoms with Crippen molar-refractivity contribution in [2.24, 2.45) is 11.7 Å². The average molecular weight is 191 g/mol. The molecular formula is C11H13NO2. The Labute approximate surface area is 82.5 Å². The summed E-state index contributed by atoms with van der Waals surface area (Å²) in [5.74, 6) is -0.425. The van der Waals surface area contributed by atoms with Crippen LogP contribution < -0.4 is 5.73 Å². The molecule has 3 heteroatoms. The van der Waals surface area contributed by atoms with Gasteiger partial charge < -0.3 is 10.8 Å². The maximum atomic E-state index is 10.6. The minimum absolute atomic E-state index is 0.120. The molecule has 1 aliphatic carbocycles. The van der Waals surface area contributed by atoms with Crippen LogP contribution in [-0.4, -0.2) is 17.1 Å². The number of rotatable bonds is 3. The number of carbonyl (C=O) groups is 1. The third kappa shape index (κ3) is 1.63. The molecule has 1 aromatic rings. The molecule has 1 saturated carbocycles. The molecule has 1 unspecified atom stereocenters. The van der Waals surface area contributed by atoms with Crippen LogP contribution in [0.15, 0.2) is 30.3 Å². The maximum Gasteiger partial charge on any atom is 0.320 e. The number of hydrogen-bond acceptors (Lipinski definition) is 2. The molecule has 2 rings (SSSR count). The third-order valence-corrected chi connectivity index (χ3v) is 2.81. The van der Waals surface area contributed by atoms with Crippen molar-refractivity contribution in [1.82, 2.24) is 0 Å². The Balaban J connectivity index is 2.03. The van der Waals surface area contributed by atoms with E-state index < -0.39 is 12.0 Å². The lowest BCUT2D eigenvalue weighted by atomic mass is 10.1. The van der Waals surface area contributed by atoms with Crippen molar-refractivity contribution in [2.75, 3.05) is 0 Å². The van der Waals surface area contributed by atoms with Gasteiger partial charge in [-0.15, -0.1) is 0 Å². The normalized spacial score (nSPS) is 26.9. The van der Waals surface area contributed by atoms with Crippen LogP contribution in [0.2, 0.25) is 0 Å². The molecule has 1 aliphatic rings. The molecule has 0 radical (unpaired) electrons. The van der Waals surface area contributed by atoms with Crippen LogP contribution in [-0.2, 0) is 4.79 Å². The summed E-state index contributed by atoms with van der Waals surface area (Å²) < 4.78 is 0. The zero-order valence-electron chi connectivity index (χ0n) is 7.76. The van der Waals surface area contributed by atoms with Crippen LogP contribution in [0.4, 0.5) is 0 Å². The summed E-state index contributed by atoms with van der Waals surface area (Å²) >= 11 is 0. The lowest BCUT2D eigenvalue weighted by molar-refractivity contribution is -0.139. The van der Waals surface area contributed by atoms with Crippen LogP contribution in [0.5, 0.6) is 0 Å². The molecule has 0 heterocycles. The fourth-order valence-corrected chi connectivity index (χ4v) is 1.88. The summed E-state index contributed by atoms with van der Waals surface area (Å²) in [5.41, 5.74) is 6.75. The van der Waals surface area contributed by atoms with Crippen LogP contribution in [0.1, 0.15) is 17.9 Å². The van der Waals surface area contributed by atoms with Gasteiger partial charge in [-0.05, 0) is 23.8 Å². The van der Waals surface area contributed by atoms with Crippen molar-refractivity contribution in [3.63, 3.8) is 0 Å². The van der Waals surface area contributed by atoms with Gasteiger partial charge in [0.25, 0.3) is 0 Å². The Bertz CT molecular complexity index is 336. The fraction of sp³-hybridized carbons (Fsp3) is 0.364. The summed E-state index contributed by atoms with van der Waals surface area (Å²) in [5, 5.41) is 8.73. The highest BCUT2D eigenvalue weighted by molar-refractivity contribution is 5.74. The highest BCUT2D eigenvalue weighted by Crippen LogP contribution is 2.48. The van der Waals surface area contributed by atoms with E-state index in [9.17, 15) is 4.79 Å². The van der Waals surface area contributed by atoms with Crippen LogP contribution >= 0.6 is 0 Å². The van der Waals surface area contributed by atoms with Crippen molar-refractivity contribution in [2.45, 2.75) is 18.4 Å². The first-order valence-electron chi connectivity index (χ1n) is 4.73. The lowest BCUT2D eigenvalue weighted by Crippen LogP contribution is -2.32. The van der Waals surface area contributed by atoms with Crippen LogP contribution in [0, 0.1) is 5.92 Å². The second-order valence-corrected chi connectivity index (χ2v) is 3.78. The van der Waals surface area contributed by atoms with Gasteiger partial charge in [0.15, 0.2) is 0 Å². The van der Waals surface area contributed by atoms with E-state index in [2.05, 4.69) is 0 Å². The molecule has 0 amide bonds. The largest absolute Gasteiger partial charge is 0.480 e. The molecule has 0 aliphatic heterocycles. The van der Waals surface area contributed by atoms with E-state index in [4.69, 9.17) is 10.8 Å². The standard InChI is InChI=1S/C11H13NO2/c12-10(11(13)14)9-6-8(9)7-4-2-1-3-5-7/h1-5,8-10H,6,12H2,(H,13,14)/t8-,9+,10?/m1/s1. The van der Waals surface area contributed by atoms with E-state index in [1.54, 1.807) is 0 Å². The summed E-state index contributed by atoms with van der Waals surface area (Å²) in [6.07, 6.45) is 0.900. The predicted molar refractivity (Wildman–Crippen MR) is 52.9 cm³/mol. The van der Waals surface area contributed by atoms with Gasteiger partial charge in [-0.2, -0.15) is 0 Å². The summed E-state index contributed by atoms with van der Waals surface area (Å²) in [6.45, 7) is 0. The van der Waals surface area contributed by atoms with Crippen molar-refractivity contribution in [3.8, 4) is 0 Å². The van der Waals surface area contributed by atoms with Gasteiger partial charge in [0.2, 0.25) is 0 Å². The Kier molecular flexibility index (Phi) is 2.25. The molecule has 1 fully saturated rings. The number of nitrogens with two attached hydrogens (primary N) is 1. The average Bonchev–Trinajstić information content (AvgIpc) is 2.97.